The number of ether oxygens (including phenoxy) is 3. The van der Waals surface area contributed by atoms with Crippen LogP contribution in [0.4, 0.5) is 0 Å². The van der Waals surface area contributed by atoms with Crippen LogP contribution >= 0.6 is 0 Å². The van der Waals surface area contributed by atoms with Crippen LogP contribution in [0, 0.1) is 5.92 Å². The Morgan fingerprint density at radius 3 is 0.945 bits per heavy atom. The average molecular weight is 779 g/mol. The summed E-state index contributed by atoms with van der Waals surface area (Å²) in [5, 5.41) is 0. The van der Waals surface area contributed by atoms with Gasteiger partial charge in [-0.05, 0) is 25.2 Å². The SMILES string of the molecule is CCCCCCCCCCCCCCCCC(=O)OC[C@@H](COC(=O)CCCCCCCCCCCCC)OC(=O)CCCCCCCCCCC(C)CC. The third-order valence-corrected chi connectivity index (χ3v) is 11.4. The highest BCUT2D eigenvalue weighted by molar-refractivity contribution is 5.71. The molecule has 0 N–H and O–H groups in total. The predicted molar refractivity (Wildman–Crippen MR) is 233 cm³/mol. The molecule has 0 saturated heterocycles. The first kappa shape index (κ1) is 53.4. The van der Waals surface area contributed by atoms with E-state index in [2.05, 4.69) is 27.7 Å². The number of hydrogen-bond donors (Lipinski definition) is 0. The molecule has 55 heavy (non-hydrogen) atoms. The molecule has 0 rings (SSSR count). The monoisotopic (exact) mass is 779 g/mol. The first-order chi connectivity index (χ1) is 26.9. The molecule has 0 aliphatic rings. The third kappa shape index (κ3) is 41.9. The molecule has 0 aliphatic heterocycles. The number of carbonyl (C=O) groups excluding carboxylic acids is 3. The molecule has 0 aromatic rings. The summed E-state index contributed by atoms with van der Waals surface area (Å²) in [5.74, 6) is -0.00586. The van der Waals surface area contributed by atoms with Crippen LogP contribution in [0.1, 0.15) is 272 Å². The second-order valence-corrected chi connectivity index (χ2v) is 17.0. The zero-order valence-corrected chi connectivity index (χ0v) is 37.4. The second-order valence-electron chi connectivity index (χ2n) is 17.0. The van der Waals surface area contributed by atoms with Crippen molar-refractivity contribution in [2.45, 2.75) is 278 Å². The molecule has 0 fully saturated rings. The van der Waals surface area contributed by atoms with Crippen LogP contribution in [-0.4, -0.2) is 37.2 Å². The quantitative estimate of drug-likeness (QED) is 0.0348. The second kappa shape index (κ2) is 43.5. The van der Waals surface area contributed by atoms with Crippen molar-refractivity contribution in [2.24, 2.45) is 5.92 Å². The van der Waals surface area contributed by atoms with Crippen LogP contribution in [-0.2, 0) is 28.6 Å². The van der Waals surface area contributed by atoms with Gasteiger partial charge >= 0.3 is 17.9 Å². The average Bonchev–Trinajstić information content (AvgIpc) is 3.18. The fourth-order valence-electron chi connectivity index (χ4n) is 7.30. The Morgan fingerprint density at radius 1 is 0.364 bits per heavy atom. The topological polar surface area (TPSA) is 78.9 Å². The normalized spacial score (nSPS) is 12.4. The van der Waals surface area contributed by atoms with Crippen molar-refractivity contribution < 1.29 is 28.6 Å². The van der Waals surface area contributed by atoms with Crippen molar-refractivity contribution in [1.29, 1.82) is 0 Å². The molecule has 0 bridgehead atoms. The van der Waals surface area contributed by atoms with E-state index in [1.165, 1.54) is 167 Å². The van der Waals surface area contributed by atoms with Crippen molar-refractivity contribution in [1.82, 2.24) is 0 Å². The molecule has 0 aliphatic carbocycles. The fraction of sp³-hybridized carbons (Fsp3) is 0.939. The van der Waals surface area contributed by atoms with Gasteiger partial charge in [-0.2, -0.15) is 0 Å². The molecule has 2 atom stereocenters. The highest BCUT2D eigenvalue weighted by Crippen LogP contribution is 2.17. The van der Waals surface area contributed by atoms with Crippen LogP contribution in [0.25, 0.3) is 0 Å². The van der Waals surface area contributed by atoms with Crippen LogP contribution in [0.15, 0.2) is 0 Å². The van der Waals surface area contributed by atoms with Crippen LogP contribution in [0.3, 0.4) is 0 Å². The third-order valence-electron chi connectivity index (χ3n) is 11.4. The number of esters is 3. The lowest BCUT2D eigenvalue weighted by atomic mass is 9.99. The lowest BCUT2D eigenvalue weighted by Gasteiger charge is -2.18. The highest BCUT2D eigenvalue weighted by atomic mass is 16.6. The van der Waals surface area contributed by atoms with Gasteiger partial charge in [-0.3, -0.25) is 14.4 Å². The molecule has 0 amide bonds. The smallest absolute Gasteiger partial charge is 0.306 e. The summed E-state index contributed by atoms with van der Waals surface area (Å²) in [5.41, 5.74) is 0. The molecule has 0 heterocycles. The van der Waals surface area contributed by atoms with Gasteiger partial charge in [0.25, 0.3) is 0 Å². The summed E-state index contributed by atoms with van der Waals surface area (Å²) < 4.78 is 16.8. The van der Waals surface area contributed by atoms with Gasteiger partial charge in [-0.25, -0.2) is 0 Å². The summed E-state index contributed by atoms with van der Waals surface area (Å²) in [4.78, 5) is 37.8. The molecule has 6 nitrogen and oxygen atoms in total. The zero-order chi connectivity index (χ0) is 40.3. The van der Waals surface area contributed by atoms with Crippen molar-refractivity contribution in [3.05, 3.63) is 0 Å². The lowest BCUT2D eigenvalue weighted by Crippen LogP contribution is -2.30. The van der Waals surface area contributed by atoms with E-state index in [4.69, 9.17) is 14.2 Å². The molecule has 0 aromatic carbocycles. The van der Waals surface area contributed by atoms with Crippen LogP contribution in [0.2, 0.25) is 0 Å². The first-order valence-electron chi connectivity index (χ1n) is 24.4. The highest BCUT2D eigenvalue weighted by Gasteiger charge is 2.19. The molecular formula is C49H94O6. The molecule has 6 heteroatoms. The van der Waals surface area contributed by atoms with E-state index in [1.807, 2.05) is 0 Å². The Morgan fingerprint density at radius 2 is 0.636 bits per heavy atom. The summed E-state index contributed by atoms with van der Waals surface area (Å²) >= 11 is 0. The van der Waals surface area contributed by atoms with Gasteiger partial charge in [0.15, 0.2) is 6.10 Å². The fourth-order valence-corrected chi connectivity index (χ4v) is 7.30. The van der Waals surface area contributed by atoms with Crippen molar-refractivity contribution >= 4 is 17.9 Å². The largest absolute Gasteiger partial charge is 0.462 e. The van der Waals surface area contributed by atoms with Gasteiger partial charge < -0.3 is 14.2 Å². The Kier molecular flexibility index (Phi) is 42.3. The molecular weight excluding hydrogens is 685 g/mol. The van der Waals surface area contributed by atoms with Crippen LogP contribution < -0.4 is 0 Å². The van der Waals surface area contributed by atoms with E-state index in [9.17, 15) is 14.4 Å². The van der Waals surface area contributed by atoms with Crippen LogP contribution in [0.5, 0.6) is 0 Å². The summed E-state index contributed by atoms with van der Waals surface area (Å²) in [6.45, 7) is 9.01. The molecule has 0 aromatic heterocycles. The number of rotatable bonds is 44. The lowest BCUT2D eigenvalue weighted by molar-refractivity contribution is -0.167. The molecule has 0 spiro atoms. The summed E-state index contributed by atoms with van der Waals surface area (Å²) in [6, 6.07) is 0. The van der Waals surface area contributed by atoms with Crippen molar-refractivity contribution in [2.75, 3.05) is 13.2 Å². The Hall–Kier alpha value is -1.59. The van der Waals surface area contributed by atoms with Gasteiger partial charge in [-0.1, -0.05) is 233 Å². The van der Waals surface area contributed by atoms with E-state index in [0.29, 0.717) is 19.3 Å². The number of hydrogen-bond acceptors (Lipinski definition) is 6. The summed E-state index contributed by atoms with van der Waals surface area (Å²) in [7, 11) is 0. The van der Waals surface area contributed by atoms with E-state index in [1.54, 1.807) is 0 Å². The maximum Gasteiger partial charge on any atom is 0.306 e. The van der Waals surface area contributed by atoms with Crippen molar-refractivity contribution in [3.63, 3.8) is 0 Å². The van der Waals surface area contributed by atoms with E-state index < -0.39 is 6.10 Å². The minimum Gasteiger partial charge on any atom is -0.462 e. The minimum absolute atomic E-state index is 0.0636. The van der Waals surface area contributed by atoms with E-state index in [-0.39, 0.29) is 31.1 Å². The Bertz CT molecular complexity index is 828. The van der Waals surface area contributed by atoms with Gasteiger partial charge in [0.2, 0.25) is 0 Å². The Balaban J connectivity index is 4.32. The number of unbranched alkanes of at least 4 members (excludes halogenated alkanes) is 30. The van der Waals surface area contributed by atoms with Gasteiger partial charge in [0, 0.05) is 19.3 Å². The maximum atomic E-state index is 12.7. The standard InChI is InChI=1S/C49H94O6/c1-5-8-10-12-14-16-18-19-20-22-24-29-33-37-41-48(51)54-44-46(43-53-47(50)40-36-32-28-23-21-17-15-13-11-9-6-2)55-49(52)42-38-34-30-26-25-27-31-35-39-45(4)7-3/h45-46H,5-44H2,1-4H3/t45?,46-/m1/s1. The van der Waals surface area contributed by atoms with Gasteiger partial charge in [-0.15, -0.1) is 0 Å². The minimum atomic E-state index is -0.760. The Labute approximate surface area is 342 Å². The van der Waals surface area contributed by atoms with E-state index in [0.717, 1.165) is 63.7 Å². The summed E-state index contributed by atoms with van der Waals surface area (Å²) in [6.07, 6.45) is 43.6. The van der Waals surface area contributed by atoms with Crippen molar-refractivity contribution in [3.8, 4) is 0 Å². The maximum absolute atomic E-state index is 12.7. The molecule has 0 saturated carbocycles. The molecule has 326 valence electrons. The zero-order valence-electron chi connectivity index (χ0n) is 37.4. The van der Waals surface area contributed by atoms with Gasteiger partial charge in [0.1, 0.15) is 13.2 Å². The molecule has 1 unspecified atom stereocenters. The van der Waals surface area contributed by atoms with E-state index >= 15 is 0 Å². The number of carbonyl (C=O) groups is 3. The van der Waals surface area contributed by atoms with Gasteiger partial charge in [0.05, 0.1) is 0 Å². The first-order valence-corrected chi connectivity index (χ1v) is 24.4. The predicted octanol–water partition coefficient (Wildman–Crippen LogP) is 15.5. The molecule has 0 radical (unpaired) electrons.